The Labute approximate surface area is 123 Å². The number of nitrogens with one attached hydrogen (secondary N) is 1. The molecule has 0 spiro atoms. The molecule has 111 valence electrons. The highest BCUT2D eigenvalue weighted by Crippen LogP contribution is 2.21. The Morgan fingerprint density at radius 2 is 2.05 bits per heavy atom. The van der Waals surface area contributed by atoms with Gasteiger partial charge in [-0.2, -0.15) is 0 Å². The van der Waals surface area contributed by atoms with Crippen molar-refractivity contribution < 1.29 is 14.3 Å². The number of nitrogens with zero attached hydrogens (tertiary/aromatic N) is 1. The van der Waals surface area contributed by atoms with Gasteiger partial charge in [-0.05, 0) is 38.8 Å². The Morgan fingerprint density at radius 1 is 1.33 bits per heavy atom. The third-order valence-electron chi connectivity index (χ3n) is 2.88. The van der Waals surface area contributed by atoms with Gasteiger partial charge < -0.3 is 10.1 Å². The van der Waals surface area contributed by atoms with Crippen LogP contribution in [-0.4, -0.2) is 22.7 Å². The van der Waals surface area contributed by atoms with Crippen LogP contribution >= 0.6 is 0 Å². The van der Waals surface area contributed by atoms with Crippen molar-refractivity contribution in [3.8, 4) is 0 Å². The molecule has 5 heteroatoms. The van der Waals surface area contributed by atoms with Crippen LogP contribution in [0, 0.1) is 6.54 Å². The van der Waals surface area contributed by atoms with Crippen LogP contribution < -0.4 is 5.32 Å². The lowest BCUT2D eigenvalue weighted by atomic mass is 10.1. The van der Waals surface area contributed by atoms with E-state index >= 15 is 0 Å². The lowest BCUT2D eigenvalue weighted by Crippen LogP contribution is -2.31. The van der Waals surface area contributed by atoms with E-state index in [9.17, 15) is 9.59 Å². The molecule has 21 heavy (non-hydrogen) atoms. The average Bonchev–Trinajstić information content (AvgIpc) is 2.75. The smallest absolute Gasteiger partial charge is 0.407 e. The van der Waals surface area contributed by atoms with Gasteiger partial charge in [-0.1, -0.05) is 18.2 Å². The van der Waals surface area contributed by atoms with Crippen molar-refractivity contribution >= 4 is 23.4 Å². The summed E-state index contributed by atoms with van der Waals surface area (Å²) in [6.45, 7) is 7.06. The highest BCUT2D eigenvalue weighted by molar-refractivity contribution is 5.88. The minimum atomic E-state index is -0.522. The first-order valence-electron chi connectivity index (χ1n) is 6.75. The van der Waals surface area contributed by atoms with Crippen LogP contribution in [0.15, 0.2) is 30.5 Å². The first kappa shape index (κ1) is 15.1. The zero-order valence-corrected chi connectivity index (χ0v) is 12.4. The van der Waals surface area contributed by atoms with E-state index < -0.39 is 11.7 Å². The van der Waals surface area contributed by atoms with E-state index in [1.54, 1.807) is 12.7 Å². The zero-order chi connectivity index (χ0) is 15.5. The summed E-state index contributed by atoms with van der Waals surface area (Å²) in [7, 11) is 0. The van der Waals surface area contributed by atoms with Crippen LogP contribution in [0.4, 0.5) is 4.79 Å². The predicted molar refractivity (Wildman–Crippen MR) is 81.5 cm³/mol. The van der Waals surface area contributed by atoms with Gasteiger partial charge in [-0.3, -0.25) is 9.36 Å². The van der Waals surface area contributed by atoms with Crippen LogP contribution in [0.5, 0.6) is 0 Å². The first-order valence-corrected chi connectivity index (χ1v) is 6.75. The molecule has 1 aromatic heterocycles. The van der Waals surface area contributed by atoms with Crippen molar-refractivity contribution in [1.82, 2.24) is 9.88 Å². The summed E-state index contributed by atoms with van der Waals surface area (Å²) in [5, 5.41) is 3.59. The van der Waals surface area contributed by atoms with Crippen LogP contribution in [-0.2, 0) is 16.0 Å². The maximum Gasteiger partial charge on any atom is 0.407 e. The van der Waals surface area contributed by atoms with E-state index in [1.807, 2.05) is 45.0 Å². The van der Waals surface area contributed by atoms with E-state index in [4.69, 9.17) is 4.74 Å². The fourth-order valence-corrected chi connectivity index (χ4v) is 2.08. The number of rotatable bonds is 4. The van der Waals surface area contributed by atoms with Gasteiger partial charge in [0.25, 0.3) is 0 Å². The van der Waals surface area contributed by atoms with Gasteiger partial charge in [0.15, 0.2) is 0 Å². The molecule has 2 aromatic rings. The number of para-hydroxylation sites is 1. The number of carbonyl (C=O) groups is 2. The van der Waals surface area contributed by atoms with Gasteiger partial charge in [0.05, 0.1) is 12.1 Å². The molecule has 2 rings (SSSR count). The molecule has 0 atom stereocenters. The Balaban J connectivity index is 2.01. The molecular weight excluding hydrogens is 268 g/mol. The number of fused-ring (bicyclic) bond motifs is 1. The van der Waals surface area contributed by atoms with E-state index in [1.165, 1.54) is 4.57 Å². The Morgan fingerprint density at radius 3 is 2.71 bits per heavy atom. The van der Waals surface area contributed by atoms with Crippen molar-refractivity contribution in [1.29, 1.82) is 0 Å². The first-order chi connectivity index (χ1) is 9.90. The second kappa shape index (κ2) is 5.99. The molecule has 0 aliphatic rings. The number of alkyl carbamates (subject to hydrolysis) is 1. The number of aromatic nitrogens is 1. The number of carbonyl (C=O) groups excluding carboxylic acids is 2. The van der Waals surface area contributed by atoms with Crippen molar-refractivity contribution in [2.75, 3.05) is 0 Å². The summed E-state index contributed by atoms with van der Waals surface area (Å²) in [5.41, 5.74) is 1.30. The molecule has 5 nitrogen and oxygen atoms in total. The minimum absolute atomic E-state index is 0.485. The molecule has 0 aliphatic heterocycles. The van der Waals surface area contributed by atoms with E-state index in [-0.39, 0.29) is 0 Å². The normalized spacial score (nSPS) is 11.4. The summed E-state index contributed by atoms with van der Waals surface area (Å²) in [6, 6.07) is 7.64. The zero-order valence-electron chi connectivity index (χ0n) is 12.4. The van der Waals surface area contributed by atoms with E-state index in [0.717, 1.165) is 22.9 Å². The molecule has 1 amide bonds. The van der Waals surface area contributed by atoms with Crippen LogP contribution in [0.2, 0.25) is 0 Å². The Hall–Kier alpha value is -2.30. The molecule has 0 fully saturated rings. The molecular formula is C16H19N2O3. The van der Waals surface area contributed by atoms with E-state index in [2.05, 4.69) is 5.32 Å². The highest BCUT2D eigenvalue weighted by atomic mass is 16.6. The maximum absolute atomic E-state index is 11.5. The fourth-order valence-electron chi connectivity index (χ4n) is 2.08. The topological polar surface area (TPSA) is 60.3 Å². The van der Waals surface area contributed by atoms with Gasteiger partial charge in [0.2, 0.25) is 6.41 Å². The number of amides is 1. The lowest BCUT2D eigenvalue weighted by molar-refractivity contribution is 0.0542. The third-order valence-corrected chi connectivity index (χ3v) is 2.88. The van der Waals surface area contributed by atoms with Crippen molar-refractivity contribution in [3.05, 3.63) is 42.6 Å². The number of ether oxygens (including phenoxy) is 1. The molecule has 0 aliphatic carbocycles. The predicted octanol–water partition coefficient (Wildman–Crippen LogP) is 2.91. The quantitative estimate of drug-likeness (QED) is 0.880. The van der Waals surface area contributed by atoms with Crippen LogP contribution in [0.25, 0.3) is 10.9 Å². The molecule has 0 saturated heterocycles. The van der Waals surface area contributed by atoms with Gasteiger partial charge in [-0.25, -0.2) is 4.79 Å². The Bertz CT molecular complexity index is 653. The van der Waals surface area contributed by atoms with Gasteiger partial charge in [0.1, 0.15) is 5.60 Å². The van der Waals surface area contributed by atoms with Crippen molar-refractivity contribution in [3.63, 3.8) is 0 Å². The van der Waals surface area contributed by atoms with Crippen molar-refractivity contribution in [2.45, 2.75) is 32.8 Å². The maximum atomic E-state index is 11.5. The Kier molecular flexibility index (Phi) is 4.31. The molecule has 1 N–H and O–H groups in total. The minimum Gasteiger partial charge on any atom is -0.444 e. The molecule has 0 unspecified atom stereocenters. The highest BCUT2D eigenvalue weighted by Gasteiger charge is 2.16. The summed E-state index contributed by atoms with van der Waals surface area (Å²) >= 11 is 0. The standard InChI is InChI=1S/C16H19N2O3/c1-16(2,3)21-15(20)17-9-8-12-10-18(11-19)14-7-5-4-6-13(12)14/h4-7,9-11H,8H2,1-3H3,(H,17,20). The molecule has 1 aromatic carbocycles. The number of benzene rings is 1. The third kappa shape index (κ3) is 3.84. The average molecular weight is 287 g/mol. The van der Waals surface area contributed by atoms with Crippen LogP contribution in [0.3, 0.4) is 0 Å². The molecule has 0 bridgehead atoms. The van der Waals surface area contributed by atoms with Gasteiger partial charge >= 0.3 is 6.09 Å². The summed E-state index contributed by atoms with van der Waals surface area (Å²) in [6.07, 6.45) is 2.57. The summed E-state index contributed by atoms with van der Waals surface area (Å²) in [4.78, 5) is 22.6. The van der Waals surface area contributed by atoms with E-state index in [0.29, 0.717) is 6.42 Å². The second-order valence-corrected chi connectivity index (χ2v) is 5.74. The van der Waals surface area contributed by atoms with Gasteiger partial charge in [0, 0.05) is 11.6 Å². The SMILES string of the molecule is CC(C)(C)OC(=O)N[CH]Cc1cn(C=O)c2ccccc12. The lowest BCUT2D eigenvalue weighted by Gasteiger charge is -2.19. The van der Waals surface area contributed by atoms with Crippen molar-refractivity contribution in [2.24, 2.45) is 0 Å². The van der Waals surface area contributed by atoms with Crippen LogP contribution in [0.1, 0.15) is 26.3 Å². The number of hydrogen-bond donors (Lipinski definition) is 1. The monoisotopic (exact) mass is 287 g/mol. The summed E-state index contributed by atoms with van der Waals surface area (Å²) in [5.74, 6) is 0. The molecule has 1 heterocycles. The second-order valence-electron chi connectivity index (χ2n) is 5.74. The van der Waals surface area contributed by atoms with Gasteiger partial charge in [-0.15, -0.1) is 0 Å². The molecule has 1 radical (unpaired) electrons. The molecule has 0 saturated carbocycles. The number of hydrogen-bond acceptors (Lipinski definition) is 3. The largest absolute Gasteiger partial charge is 0.444 e. The fraction of sp³-hybridized carbons (Fsp3) is 0.312. The summed E-state index contributed by atoms with van der Waals surface area (Å²) < 4.78 is 6.68.